The number of carbonyl (C=O) groups excluding carboxylic acids is 1. The highest BCUT2D eigenvalue weighted by atomic mass is 35.5. The van der Waals surface area contributed by atoms with Crippen molar-refractivity contribution in [3.63, 3.8) is 0 Å². The summed E-state index contributed by atoms with van der Waals surface area (Å²) in [6.07, 6.45) is 1.35. The van der Waals surface area contributed by atoms with Crippen LogP contribution in [0.4, 0.5) is 0 Å². The molecule has 1 amide bonds. The normalized spacial score (nSPS) is 10.8. The van der Waals surface area contributed by atoms with Gasteiger partial charge in [0.1, 0.15) is 11.5 Å². The highest BCUT2D eigenvalue weighted by molar-refractivity contribution is 6.33. The van der Waals surface area contributed by atoms with Gasteiger partial charge in [-0.3, -0.25) is 4.79 Å². The summed E-state index contributed by atoms with van der Waals surface area (Å²) in [4.78, 5) is 23.0. The van der Waals surface area contributed by atoms with Crippen molar-refractivity contribution in [3.05, 3.63) is 82.6 Å². The largest absolute Gasteiger partial charge is 0.478 e. The van der Waals surface area contributed by atoms with Crippen LogP contribution in [0.25, 0.3) is 11.3 Å². The smallest absolute Gasteiger partial charge is 0.335 e. The fourth-order valence-corrected chi connectivity index (χ4v) is 2.46. The van der Waals surface area contributed by atoms with Gasteiger partial charge in [-0.05, 0) is 36.4 Å². The number of hydrazone groups is 1. The fourth-order valence-electron chi connectivity index (χ4n) is 2.24. The summed E-state index contributed by atoms with van der Waals surface area (Å²) in [5, 5.41) is 13.2. The summed E-state index contributed by atoms with van der Waals surface area (Å²) >= 11 is 5.95. The minimum atomic E-state index is -1.01. The second-order valence-electron chi connectivity index (χ2n) is 5.27. The van der Waals surface area contributed by atoms with Crippen molar-refractivity contribution in [2.24, 2.45) is 5.10 Å². The first-order valence-electron chi connectivity index (χ1n) is 7.56. The predicted octanol–water partition coefficient (Wildman–Crippen LogP) is 4.06. The van der Waals surface area contributed by atoms with Crippen molar-refractivity contribution >= 4 is 29.7 Å². The number of halogens is 1. The molecule has 7 heteroatoms. The lowest BCUT2D eigenvalue weighted by atomic mass is 10.1. The number of hydrogen-bond acceptors (Lipinski definition) is 4. The third-order valence-corrected chi connectivity index (χ3v) is 3.83. The van der Waals surface area contributed by atoms with E-state index in [1.165, 1.54) is 18.3 Å². The Morgan fingerprint density at radius 3 is 2.65 bits per heavy atom. The van der Waals surface area contributed by atoms with Gasteiger partial charge in [0.15, 0.2) is 0 Å². The van der Waals surface area contributed by atoms with E-state index in [1.807, 2.05) is 0 Å². The molecule has 0 aliphatic heterocycles. The minimum absolute atomic E-state index is 0.168. The Balaban J connectivity index is 1.70. The van der Waals surface area contributed by atoms with Crippen molar-refractivity contribution < 1.29 is 19.1 Å². The monoisotopic (exact) mass is 368 g/mol. The molecule has 0 unspecified atom stereocenters. The second-order valence-corrected chi connectivity index (χ2v) is 5.67. The van der Waals surface area contributed by atoms with Crippen LogP contribution in [0.5, 0.6) is 0 Å². The number of furan rings is 1. The summed E-state index contributed by atoms with van der Waals surface area (Å²) in [5.41, 5.74) is 3.48. The van der Waals surface area contributed by atoms with Crippen LogP contribution >= 0.6 is 11.6 Å². The van der Waals surface area contributed by atoms with E-state index in [0.29, 0.717) is 27.7 Å². The third kappa shape index (κ3) is 3.99. The van der Waals surface area contributed by atoms with E-state index in [9.17, 15) is 9.59 Å². The van der Waals surface area contributed by atoms with Gasteiger partial charge in [0.25, 0.3) is 5.91 Å². The average molecular weight is 369 g/mol. The van der Waals surface area contributed by atoms with Crippen LogP contribution < -0.4 is 5.43 Å². The highest BCUT2D eigenvalue weighted by Gasteiger charge is 2.09. The maximum Gasteiger partial charge on any atom is 0.335 e. The first-order valence-corrected chi connectivity index (χ1v) is 7.94. The number of carboxylic acids is 1. The van der Waals surface area contributed by atoms with Crippen LogP contribution in [0, 0.1) is 0 Å². The Labute approximate surface area is 153 Å². The van der Waals surface area contributed by atoms with E-state index in [1.54, 1.807) is 48.5 Å². The van der Waals surface area contributed by atoms with E-state index < -0.39 is 11.9 Å². The van der Waals surface area contributed by atoms with E-state index in [0.717, 1.165) is 0 Å². The minimum Gasteiger partial charge on any atom is -0.478 e. The number of benzene rings is 2. The summed E-state index contributed by atoms with van der Waals surface area (Å²) in [7, 11) is 0. The molecule has 0 aliphatic carbocycles. The Morgan fingerprint density at radius 1 is 1.08 bits per heavy atom. The zero-order valence-electron chi connectivity index (χ0n) is 13.3. The summed E-state index contributed by atoms with van der Waals surface area (Å²) in [5.74, 6) is -0.553. The molecule has 6 nitrogen and oxygen atoms in total. The van der Waals surface area contributed by atoms with Gasteiger partial charge in [0.05, 0.1) is 22.4 Å². The van der Waals surface area contributed by atoms with Crippen LogP contribution in [-0.2, 0) is 0 Å². The maximum absolute atomic E-state index is 12.0. The highest BCUT2D eigenvalue weighted by Crippen LogP contribution is 2.22. The molecular weight excluding hydrogens is 356 g/mol. The first-order chi connectivity index (χ1) is 12.5. The summed E-state index contributed by atoms with van der Waals surface area (Å²) in [6.45, 7) is 0. The number of carbonyl (C=O) groups is 2. The molecule has 1 aromatic heterocycles. The lowest BCUT2D eigenvalue weighted by Gasteiger charge is -2.01. The molecule has 0 aliphatic rings. The van der Waals surface area contributed by atoms with Crippen molar-refractivity contribution in [1.82, 2.24) is 5.43 Å². The number of nitrogens with one attached hydrogen (secondary N) is 1. The SMILES string of the molecule is O=C(O)c1cccc(-c2ccc(/C=N\NC(=O)c3ccccc3Cl)o2)c1. The Hall–Kier alpha value is -3.38. The fraction of sp³-hybridized carbons (Fsp3) is 0. The molecule has 0 saturated carbocycles. The Kier molecular flexibility index (Phi) is 5.15. The van der Waals surface area contributed by atoms with Crippen molar-refractivity contribution in [2.45, 2.75) is 0 Å². The molecule has 0 fully saturated rings. The summed E-state index contributed by atoms with van der Waals surface area (Å²) < 4.78 is 5.60. The lowest BCUT2D eigenvalue weighted by molar-refractivity contribution is 0.0696. The van der Waals surface area contributed by atoms with E-state index in [4.69, 9.17) is 21.1 Å². The first kappa shape index (κ1) is 17.4. The molecule has 0 bridgehead atoms. The third-order valence-electron chi connectivity index (χ3n) is 3.50. The number of carboxylic acid groups (broad SMARTS) is 1. The summed E-state index contributed by atoms with van der Waals surface area (Å²) in [6, 6.07) is 16.4. The molecule has 2 N–H and O–H groups in total. The predicted molar refractivity (Wildman–Crippen MR) is 97.6 cm³/mol. The molecule has 2 aromatic carbocycles. The number of rotatable bonds is 5. The molecule has 1 heterocycles. The lowest BCUT2D eigenvalue weighted by Crippen LogP contribution is -2.17. The van der Waals surface area contributed by atoms with Crippen LogP contribution in [0.2, 0.25) is 5.02 Å². The van der Waals surface area contributed by atoms with Gasteiger partial charge >= 0.3 is 5.97 Å². The quantitative estimate of drug-likeness (QED) is 0.524. The van der Waals surface area contributed by atoms with Crippen LogP contribution in [0.3, 0.4) is 0 Å². The van der Waals surface area contributed by atoms with Gasteiger partial charge in [0, 0.05) is 5.56 Å². The van der Waals surface area contributed by atoms with Crippen molar-refractivity contribution in [2.75, 3.05) is 0 Å². The van der Waals surface area contributed by atoms with Crippen molar-refractivity contribution in [1.29, 1.82) is 0 Å². The molecule has 3 rings (SSSR count). The molecule has 130 valence electrons. The molecule has 26 heavy (non-hydrogen) atoms. The average Bonchev–Trinajstić information content (AvgIpc) is 3.11. The Bertz CT molecular complexity index is 994. The zero-order valence-corrected chi connectivity index (χ0v) is 14.1. The van der Waals surface area contributed by atoms with Crippen molar-refractivity contribution in [3.8, 4) is 11.3 Å². The number of hydrogen-bond donors (Lipinski definition) is 2. The molecule has 0 radical (unpaired) electrons. The van der Waals surface area contributed by atoms with Gasteiger partial charge in [-0.1, -0.05) is 35.9 Å². The van der Waals surface area contributed by atoms with Gasteiger partial charge in [-0.15, -0.1) is 0 Å². The maximum atomic E-state index is 12.0. The second kappa shape index (κ2) is 7.67. The zero-order chi connectivity index (χ0) is 18.5. The molecule has 0 saturated heterocycles. The van der Waals surface area contributed by atoms with Crippen LogP contribution in [-0.4, -0.2) is 23.2 Å². The molecule has 3 aromatic rings. The van der Waals surface area contributed by atoms with Gasteiger partial charge in [-0.2, -0.15) is 5.10 Å². The Morgan fingerprint density at radius 2 is 1.88 bits per heavy atom. The molecule has 0 atom stereocenters. The molecule has 0 spiro atoms. The number of amides is 1. The van der Waals surface area contributed by atoms with E-state index in [-0.39, 0.29) is 5.56 Å². The van der Waals surface area contributed by atoms with Gasteiger partial charge < -0.3 is 9.52 Å². The van der Waals surface area contributed by atoms with Crippen LogP contribution in [0.1, 0.15) is 26.5 Å². The number of nitrogens with zero attached hydrogens (tertiary/aromatic N) is 1. The number of aromatic carboxylic acids is 1. The van der Waals surface area contributed by atoms with E-state index >= 15 is 0 Å². The van der Waals surface area contributed by atoms with Crippen LogP contribution in [0.15, 0.2) is 70.2 Å². The van der Waals surface area contributed by atoms with Gasteiger partial charge in [-0.25, -0.2) is 10.2 Å². The topological polar surface area (TPSA) is 91.9 Å². The standard InChI is InChI=1S/C19H13ClN2O4/c20-16-7-2-1-6-15(16)18(23)22-21-11-14-8-9-17(26-14)12-4-3-5-13(10-12)19(24)25/h1-11H,(H,22,23)(H,24,25)/b21-11-. The molecular formula is C19H13ClN2O4. The van der Waals surface area contributed by atoms with E-state index in [2.05, 4.69) is 10.5 Å². The van der Waals surface area contributed by atoms with Gasteiger partial charge in [0.2, 0.25) is 0 Å².